The molecule has 3 aromatic heterocycles. The largest absolute Gasteiger partial charge is 0.418 e. The highest BCUT2D eigenvalue weighted by atomic mass is 32.2. The molecule has 0 aliphatic rings. The first-order chi connectivity index (χ1) is 15.5. The lowest BCUT2D eigenvalue weighted by atomic mass is 10.1. The Labute approximate surface area is 194 Å². The van der Waals surface area contributed by atoms with Gasteiger partial charge in [0.25, 0.3) is 11.1 Å². The molecular formula is C22H23N5O3S2. The van der Waals surface area contributed by atoms with Crippen molar-refractivity contribution >= 4 is 29.0 Å². The van der Waals surface area contributed by atoms with Crippen molar-refractivity contribution in [2.45, 2.75) is 39.0 Å². The Hall–Kier alpha value is -2.98. The van der Waals surface area contributed by atoms with E-state index in [-0.39, 0.29) is 18.2 Å². The van der Waals surface area contributed by atoms with Gasteiger partial charge in [-0.25, -0.2) is 0 Å². The molecule has 0 aliphatic heterocycles. The molecule has 32 heavy (non-hydrogen) atoms. The van der Waals surface area contributed by atoms with Gasteiger partial charge in [-0.15, -0.1) is 31.7 Å². The summed E-state index contributed by atoms with van der Waals surface area (Å²) in [6.07, 6.45) is 0.819. The molecule has 0 atom stereocenters. The van der Waals surface area contributed by atoms with Gasteiger partial charge in [0.05, 0.1) is 17.2 Å². The number of thiophene rings is 1. The van der Waals surface area contributed by atoms with E-state index >= 15 is 0 Å². The second kappa shape index (κ2) is 10.1. The first-order valence-corrected chi connectivity index (χ1v) is 12.1. The van der Waals surface area contributed by atoms with Gasteiger partial charge in [0.15, 0.2) is 0 Å². The third-order valence-electron chi connectivity index (χ3n) is 4.85. The van der Waals surface area contributed by atoms with Crippen LogP contribution < -0.4 is 0 Å². The summed E-state index contributed by atoms with van der Waals surface area (Å²) in [5.74, 6) is 1.45. The molecule has 0 N–H and O–H groups in total. The van der Waals surface area contributed by atoms with Gasteiger partial charge in [0.2, 0.25) is 17.7 Å². The van der Waals surface area contributed by atoms with Crippen molar-refractivity contribution < 1.29 is 13.6 Å². The predicted molar refractivity (Wildman–Crippen MR) is 123 cm³/mol. The van der Waals surface area contributed by atoms with Gasteiger partial charge in [0.1, 0.15) is 0 Å². The van der Waals surface area contributed by atoms with Crippen molar-refractivity contribution in [3.8, 4) is 22.2 Å². The number of nitrogens with zero attached hydrogens (tertiary/aromatic N) is 5. The Morgan fingerprint density at radius 3 is 2.66 bits per heavy atom. The molecule has 1 aromatic carbocycles. The molecule has 0 spiro atoms. The number of hydrogen-bond donors (Lipinski definition) is 0. The highest BCUT2D eigenvalue weighted by Crippen LogP contribution is 2.26. The third-order valence-corrected chi connectivity index (χ3v) is 6.51. The van der Waals surface area contributed by atoms with E-state index in [2.05, 4.69) is 27.3 Å². The van der Waals surface area contributed by atoms with Crippen LogP contribution in [0.4, 0.5) is 0 Å². The number of benzene rings is 1. The minimum absolute atomic E-state index is 0.0568. The van der Waals surface area contributed by atoms with Crippen molar-refractivity contribution in [3.05, 3.63) is 52.7 Å². The molecular weight excluding hydrogens is 446 g/mol. The number of carbonyl (C=O) groups is 1. The quantitative estimate of drug-likeness (QED) is 0.316. The summed E-state index contributed by atoms with van der Waals surface area (Å²) in [5.41, 5.74) is 3.22. The molecule has 0 aliphatic carbocycles. The Bertz CT molecular complexity index is 1190. The van der Waals surface area contributed by atoms with E-state index in [9.17, 15) is 4.79 Å². The fraction of sp³-hybridized carbons (Fsp3) is 0.318. The lowest BCUT2D eigenvalue weighted by Gasteiger charge is -2.19. The molecule has 4 rings (SSSR count). The van der Waals surface area contributed by atoms with Crippen LogP contribution >= 0.6 is 23.1 Å². The van der Waals surface area contributed by atoms with E-state index in [1.165, 1.54) is 28.7 Å². The fourth-order valence-electron chi connectivity index (χ4n) is 3.02. The minimum Gasteiger partial charge on any atom is -0.418 e. The van der Waals surface area contributed by atoms with E-state index in [0.29, 0.717) is 29.4 Å². The number of carbonyl (C=O) groups excluding carboxylic acids is 1. The topological polar surface area (TPSA) is 98.2 Å². The van der Waals surface area contributed by atoms with E-state index in [4.69, 9.17) is 8.83 Å². The molecule has 0 bridgehead atoms. The number of aromatic nitrogens is 4. The molecule has 0 fully saturated rings. The highest BCUT2D eigenvalue weighted by molar-refractivity contribution is 7.99. The average Bonchev–Trinajstić information content (AvgIpc) is 3.55. The summed E-state index contributed by atoms with van der Waals surface area (Å²) in [5, 5.41) is 18.7. The van der Waals surface area contributed by atoms with E-state index in [1.54, 1.807) is 4.90 Å². The molecule has 10 heteroatoms. The standard InChI is InChI=1S/C22H23N5O3S2/c1-4-9-27(12-18-23-25-21(29-18)17-6-5-10-31-17)19(28)13-32-22-26-24-20(30-22)16-8-7-14(2)15(3)11-16/h5-8,10-11H,4,9,12-13H2,1-3H3. The third kappa shape index (κ3) is 5.25. The lowest BCUT2D eigenvalue weighted by Crippen LogP contribution is -2.32. The predicted octanol–water partition coefficient (Wildman–Crippen LogP) is 5.00. The zero-order valence-corrected chi connectivity index (χ0v) is 19.7. The van der Waals surface area contributed by atoms with E-state index in [1.807, 2.05) is 49.6 Å². The maximum atomic E-state index is 12.8. The van der Waals surface area contributed by atoms with Gasteiger partial charge in [-0.05, 0) is 55.0 Å². The highest BCUT2D eigenvalue weighted by Gasteiger charge is 2.19. The Morgan fingerprint density at radius 1 is 1.06 bits per heavy atom. The van der Waals surface area contributed by atoms with Crippen molar-refractivity contribution in [3.63, 3.8) is 0 Å². The summed E-state index contributed by atoms with van der Waals surface area (Å²) >= 11 is 2.75. The Morgan fingerprint density at radius 2 is 1.91 bits per heavy atom. The summed E-state index contributed by atoms with van der Waals surface area (Å²) in [4.78, 5) is 15.4. The smallest absolute Gasteiger partial charge is 0.277 e. The second-order valence-electron chi connectivity index (χ2n) is 7.25. The van der Waals surface area contributed by atoms with Gasteiger partial charge in [0, 0.05) is 12.1 Å². The van der Waals surface area contributed by atoms with Gasteiger partial charge in [-0.1, -0.05) is 30.8 Å². The summed E-state index contributed by atoms with van der Waals surface area (Å²) < 4.78 is 11.5. The maximum absolute atomic E-state index is 12.8. The summed E-state index contributed by atoms with van der Waals surface area (Å²) in [7, 11) is 0. The first kappa shape index (κ1) is 22.2. The van der Waals surface area contributed by atoms with Crippen molar-refractivity contribution in [2.75, 3.05) is 12.3 Å². The number of aryl methyl sites for hydroxylation is 2. The average molecular weight is 470 g/mol. The molecule has 4 aromatic rings. The van der Waals surface area contributed by atoms with Crippen molar-refractivity contribution in [2.24, 2.45) is 0 Å². The van der Waals surface area contributed by atoms with Gasteiger partial charge >= 0.3 is 0 Å². The number of thioether (sulfide) groups is 1. The Balaban J connectivity index is 1.37. The number of amides is 1. The molecule has 1 amide bonds. The van der Waals surface area contributed by atoms with Gasteiger partial charge in [-0.2, -0.15) is 0 Å². The maximum Gasteiger partial charge on any atom is 0.277 e. The van der Waals surface area contributed by atoms with Crippen LogP contribution in [-0.2, 0) is 11.3 Å². The summed E-state index contributed by atoms with van der Waals surface area (Å²) in [6, 6.07) is 9.84. The molecule has 0 unspecified atom stereocenters. The summed E-state index contributed by atoms with van der Waals surface area (Å²) in [6.45, 7) is 6.97. The van der Waals surface area contributed by atoms with Crippen molar-refractivity contribution in [1.82, 2.24) is 25.3 Å². The molecule has 0 radical (unpaired) electrons. The second-order valence-corrected chi connectivity index (χ2v) is 9.13. The van der Waals surface area contributed by atoms with Crippen LogP contribution in [-0.4, -0.2) is 43.5 Å². The van der Waals surface area contributed by atoms with Gasteiger partial charge < -0.3 is 13.7 Å². The van der Waals surface area contributed by atoms with Crippen LogP contribution in [0.1, 0.15) is 30.4 Å². The molecule has 0 saturated heterocycles. The zero-order chi connectivity index (χ0) is 22.5. The molecule has 3 heterocycles. The van der Waals surface area contributed by atoms with Crippen LogP contribution in [0.25, 0.3) is 22.2 Å². The molecule has 166 valence electrons. The SMILES string of the molecule is CCCN(Cc1nnc(-c2cccs2)o1)C(=O)CSc1nnc(-c2ccc(C)c(C)c2)o1. The monoisotopic (exact) mass is 469 g/mol. The fourth-order valence-corrected chi connectivity index (χ4v) is 4.33. The number of hydrogen-bond acceptors (Lipinski definition) is 9. The Kier molecular flexibility index (Phi) is 7.01. The van der Waals surface area contributed by atoms with Crippen molar-refractivity contribution in [1.29, 1.82) is 0 Å². The van der Waals surface area contributed by atoms with E-state index < -0.39 is 0 Å². The van der Waals surface area contributed by atoms with E-state index in [0.717, 1.165) is 22.4 Å². The van der Waals surface area contributed by atoms with Crippen LogP contribution in [0.15, 0.2) is 49.8 Å². The normalized spacial score (nSPS) is 11.1. The van der Waals surface area contributed by atoms with Crippen LogP contribution in [0.3, 0.4) is 0 Å². The van der Waals surface area contributed by atoms with Crippen LogP contribution in [0.5, 0.6) is 0 Å². The lowest BCUT2D eigenvalue weighted by molar-refractivity contribution is -0.129. The molecule has 0 saturated carbocycles. The zero-order valence-electron chi connectivity index (χ0n) is 18.1. The van der Waals surface area contributed by atoms with Crippen LogP contribution in [0.2, 0.25) is 0 Å². The number of rotatable bonds is 9. The van der Waals surface area contributed by atoms with Gasteiger partial charge in [-0.3, -0.25) is 4.79 Å². The first-order valence-electron chi connectivity index (χ1n) is 10.2. The van der Waals surface area contributed by atoms with Crippen LogP contribution in [0, 0.1) is 13.8 Å². The molecule has 8 nitrogen and oxygen atoms in total. The minimum atomic E-state index is -0.0568.